The molecule has 0 amide bonds. The highest BCUT2D eigenvalue weighted by Gasteiger charge is 2.10. The molecule has 0 radical (unpaired) electrons. The predicted molar refractivity (Wildman–Crippen MR) is 64.7 cm³/mol. The predicted octanol–water partition coefficient (Wildman–Crippen LogP) is 2.12. The minimum atomic E-state index is 0.522. The fourth-order valence-electron chi connectivity index (χ4n) is 1.37. The van der Waals surface area contributed by atoms with Gasteiger partial charge < -0.3 is 5.73 Å². The van der Waals surface area contributed by atoms with Crippen molar-refractivity contribution in [2.24, 2.45) is 0 Å². The smallest absolute Gasteiger partial charge is 0.0593 e. The van der Waals surface area contributed by atoms with Crippen LogP contribution in [0.5, 0.6) is 0 Å². The third-order valence-electron chi connectivity index (χ3n) is 2.96. The molecule has 1 aromatic rings. The average molecular weight is 207 g/mol. The SMILES string of the molecule is Cc1cnc(CN(C)C(C)C)c(C)c1N. The van der Waals surface area contributed by atoms with Crippen LogP contribution >= 0.6 is 0 Å². The molecule has 84 valence electrons. The Labute approximate surface area is 92.3 Å². The van der Waals surface area contributed by atoms with Gasteiger partial charge >= 0.3 is 0 Å². The summed E-state index contributed by atoms with van der Waals surface area (Å²) in [5.74, 6) is 0. The third kappa shape index (κ3) is 2.69. The number of hydrogen-bond acceptors (Lipinski definition) is 3. The summed E-state index contributed by atoms with van der Waals surface area (Å²) in [6, 6.07) is 0.522. The van der Waals surface area contributed by atoms with Gasteiger partial charge in [0.05, 0.1) is 5.69 Å². The lowest BCUT2D eigenvalue weighted by atomic mass is 10.1. The molecule has 1 aromatic heterocycles. The zero-order valence-corrected chi connectivity index (χ0v) is 10.3. The van der Waals surface area contributed by atoms with Crippen LogP contribution in [-0.4, -0.2) is 23.0 Å². The van der Waals surface area contributed by atoms with Crippen LogP contribution in [-0.2, 0) is 6.54 Å². The highest BCUT2D eigenvalue weighted by Crippen LogP contribution is 2.19. The molecule has 2 N–H and O–H groups in total. The Morgan fingerprint density at radius 2 is 2.00 bits per heavy atom. The minimum Gasteiger partial charge on any atom is -0.398 e. The largest absolute Gasteiger partial charge is 0.398 e. The van der Waals surface area contributed by atoms with Crippen molar-refractivity contribution in [2.45, 2.75) is 40.3 Å². The molecule has 0 aliphatic heterocycles. The third-order valence-corrected chi connectivity index (χ3v) is 2.96. The second-order valence-electron chi connectivity index (χ2n) is 4.44. The van der Waals surface area contributed by atoms with Crippen LogP contribution in [0, 0.1) is 13.8 Å². The maximum Gasteiger partial charge on any atom is 0.0593 e. The van der Waals surface area contributed by atoms with Gasteiger partial charge in [-0.2, -0.15) is 0 Å². The first kappa shape index (κ1) is 12.0. The van der Waals surface area contributed by atoms with E-state index in [1.54, 1.807) is 0 Å². The summed E-state index contributed by atoms with van der Waals surface area (Å²) in [4.78, 5) is 6.69. The molecule has 0 aliphatic carbocycles. The van der Waals surface area contributed by atoms with Gasteiger partial charge in [0.1, 0.15) is 0 Å². The Morgan fingerprint density at radius 1 is 1.40 bits per heavy atom. The molecule has 3 heteroatoms. The Bertz CT molecular complexity index is 345. The molecule has 0 aromatic carbocycles. The van der Waals surface area contributed by atoms with Crippen molar-refractivity contribution in [1.82, 2.24) is 9.88 Å². The first-order valence-electron chi connectivity index (χ1n) is 5.34. The molecule has 0 saturated heterocycles. The number of rotatable bonds is 3. The number of nitrogens with zero attached hydrogens (tertiary/aromatic N) is 2. The number of anilines is 1. The maximum atomic E-state index is 5.98. The summed E-state index contributed by atoms with van der Waals surface area (Å²) in [6.45, 7) is 9.23. The summed E-state index contributed by atoms with van der Waals surface area (Å²) in [7, 11) is 2.10. The van der Waals surface area contributed by atoms with E-state index in [0.717, 1.165) is 29.1 Å². The van der Waals surface area contributed by atoms with E-state index >= 15 is 0 Å². The molecule has 1 heterocycles. The van der Waals surface area contributed by atoms with E-state index in [-0.39, 0.29) is 0 Å². The maximum absolute atomic E-state index is 5.98. The van der Waals surface area contributed by atoms with Crippen LogP contribution in [0.1, 0.15) is 30.7 Å². The lowest BCUT2D eigenvalue weighted by Gasteiger charge is -2.22. The van der Waals surface area contributed by atoms with Crippen LogP contribution in [0.2, 0.25) is 0 Å². The molecule has 0 bridgehead atoms. The Hall–Kier alpha value is -1.09. The van der Waals surface area contributed by atoms with Crippen molar-refractivity contribution < 1.29 is 0 Å². The molecule has 0 spiro atoms. The molecule has 0 fully saturated rings. The van der Waals surface area contributed by atoms with Crippen molar-refractivity contribution >= 4 is 5.69 Å². The Kier molecular flexibility index (Phi) is 3.69. The van der Waals surface area contributed by atoms with Gasteiger partial charge in [0, 0.05) is 24.5 Å². The van der Waals surface area contributed by atoms with E-state index in [1.165, 1.54) is 0 Å². The van der Waals surface area contributed by atoms with Crippen molar-refractivity contribution in [3.8, 4) is 0 Å². The molecule has 1 rings (SSSR count). The van der Waals surface area contributed by atoms with Gasteiger partial charge in [0.25, 0.3) is 0 Å². The van der Waals surface area contributed by atoms with Gasteiger partial charge in [0.2, 0.25) is 0 Å². The summed E-state index contributed by atoms with van der Waals surface area (Å²) in [5.41, 5.74) is 10.1. The van der Waals surface area contributed by atoms with Gasteiger partial charge in [-0.25, -0.2) is 0 Å². The van der Waals surface area contributed by atoms with E-state index in [2.05, 4.69) is 30.8 Å². The molecular formula is C12H21N3. The number of hydrogen-bond donors (Lipinski definition) is 1. The number of nitrogen functional groups attached to an aromatic ring is 1. The Balaban J connectivity index is 2.92. The van der Waals surface area contributed by atoms with E-state index in [9.17, 15) is 0 Å². The quantitative estimate of drug-likeness (QED) is 0.825. The summed E-state index contributed by atoms with van der Waals surface area (Å²) in [6.07, 6.45) is 1.85. The molecule has 0 saturated carbocycles. The van der Waals surface area contributed by atoms with E-state index in [1.807, 2.05) is 20.0 Å². The number of aromatic nitrogens is 1. The molecule has 3 nitrogen and oxygen atoms in total. The Morgan fingerprint density at radius 3 is 2.53 bits per heavy atom. The molecule has 15 heavy (non-hydrogen) atoms. The van der Waals surface area contributed by atoms with Gasteiger partial charge in [-0.1, -0.05) is 0 Å². The first-order chi connectivity index (χ1) is 6.93. The average Bonchev–Trinajstić information content (AvgIpc) is 2.18. The summed E-state index contributed by atoms with van der Waals surface area (Å²) < 4.78 is 0. The summed E-state index contributed by atoms with van der Waals surface area (Å²) in [5, 5.41) is 0. The topological polar surface area (TPSA) is 42.2 Å². The number of aryl methyl sites for hydroxylation is 1. The molecule has 0 unspecified atom stereocenters. The second kappa shape index (κ2) is 4.62. The van der Waals surface area contributed by atoms with Crippen molar-refractivity contribution in [3.63, 3.8) is 0 Å². The highest BCUT2D eigenvalue weighted by molar-refractivity contribution is 5.53. The highest BCUT2D eigenvalue weighted by atomic mass is 15.1. The van der Waals surface area contributed by atoms with Gasteiger partial charge in [-0.15, -0.1) is 0 Å². The number of pyridine rings is 1. The van der Waals surface area contributed by atoms with Gasteiger partial charge in [-0.3, -0.25) is 9.88 Å². The van der Waals surface area contributed by atoms with Crippen molar-refractivity contribution in [3.05, 3.63) is 23.0 Å². The fraction of sp³-hybridized carbons (Fsp3) is 0.583. The molecule has 0 atom stereocenters. The minimum absolute atomic E-state index is 0.522. The number of nitrogens with two attached hydrogens (primary N) is 1. The van der Waals surface area contributed by atoms with Gasteiger partial charge in [0.15, 0.2) is 0 Å². The fourth-order valence-corrected chi connectivity index (χ4v) is 1.37. The molecular weight excluding hydrogens is 186 g/mol. The van der Waals surface area contributed by atoms with Gasteiger partial charge in [-0.05, 0) is 45.9 Å². The molecule has 0 aliphatic rings. The van der Waals surface area contributed by atoms with E-state index in [4.69, 9.17) is 5.73 Å². The first-order valence-corrected chi connectivity index (χ1v) is 5.34. The second-order valence-corrected chi connectivity index (χ2v) is 4.44. The lowest BCUT2D eigenvalue weighted by Crippen LogP contribution is -2.26. The summed E-state index contributed by atoms with van der Waals surface area (Å²) >= 11 is 0. The zero-order valence-electron chi connectivity index (χ0n) is 10.3. The van der Waals surface area contributed by atoms with Crippen LogP contribution in [0.25, 0.3) is 0 Å². The lowest BCUT2D eigenvalue weighted by molar-refractivity contribution is 0.262. The van der Waals surface area contributed by atoms with Crippen LogP contribution in [0.4, 0.5) is 5.69 Å². The van der Waals surface area contributed by atoms with Crippen LogP contribution in [0.3, 0.4) is 0 Å². The van der Waals surface area contributed by atoms with Crippen molar-refractivity contribution in [2.75, 3.05) is 12.8 Å². The van der Waals surface area contributed by atoms with Crippen LogP contribution < -0.4 is 5.73 Å². The zero-order chi connectivity index (χ0) is 11.6. The van der Waals surface area contributed by atoms with E-state index in [0.29, 0.717) is 6.04 Å². The monoisotopic (exact) mass is 207 g/mol. The van der Waals surface area contributed by atoms with Crippen molar-refractivity contribution in [1.29, 1.82) is 0 Å². The normalized spacial score (nSPS) is 11.4. The van der Waals surface area contributed by atoms with Crippen LogP contribution in [0.15, 0.2) is 6.20 Å². The van der Waals surface area contributed by atoms with E-state index < -0.39 is 0 Å². The standard InChI is InChI=1S/C12H21N3/c1-8(2)15(5)7-11-10(4)12(13)9(3)6-14-11/h6,8H,7H2,1-5H3,(H2,13,14).